The molecule has 1 saturated heterocycles. The highest BCUT2D eigenvalue weighted by atomic mass is 32.2. The summed E-state index contributed by atoms with van der Waals surface area (Å²) in [5, 5.41) is -0.221. The zero-order chi connectivity index (χ0) is 14.8. The number of aryl methyl sites for hydroxylation is 1. The van der Waals surface area contributed by atoms with Gasteiger partial charge < -0.3 is 4.98 Å². The fourth-order valence-electron chi connectivity index (χ4n) is 2.17. The maximum absolute atomic E-state index is 12.4. The van der Waals surface area contributed by atoms with E-state index >= 15 is 0 Å². The summed E-state index contributed by atoms with van der Waals surface area (Å²) in [6.45, 7) is 2.29. The van der Waals surface area contributed by atoms with Crippen LogP contribution in [0.15, 0.2) is 47.5 Å². The summed E-state index contributed by atoms with van der Waals surface area (Å²) in [5.74, 6) is -0.233. The lowest BCUT2D eigenvalue weighted by molar-refractivity contribution is -0.123. The Hall–Kier alpha value is -2.27. The van der Waals surface area contributed by atoms with E-state index in [1.165, 1.54) is 4.90 Å². The number of hydrogen-bond donors (Lipinski definition) is 1. The summed E-state index contributed by atoms with van der Waals surface area (Å²) in [6, 6.07) is 11.5. The fourth-order valence-corrected chi connectivity index (χ4v) is 3.00. The molecule has 0 aliphatic carbocycles. The van der Waals surface area contributed by atoms with Crippen LogP contribution in [-0.4, -0.2) is 21.0 Å². The number of aromatic nitrogens is 1. The Morgan fingerprint density at radius 3 is 2.71 bits per heavy atom. The van der Waals surface area contributed by atoms with Crippen LogP contribution in [-0.2, 0) is 11.3 Å². The van der Waals surface area contributed by atoms with Crippen molar-refractivity contribution in [2.24, 2.45) is 0 Å². The zero-order valence-electron chi connectivity index (χ0n) is 11.5. The number of carbonyl (C=O) groups excluding carboxylic acids is 2. The van der Waals surface area contributed by atoms with Gasteiger partial charge in [-0.25, -0.2) is 0 Å². The Morgan fingerprint density at radius 1 is 1.19 bits per heavy atom. The minimum absolute atomic E-state index is 0.221. The van der Waals surface area contributed by atoms with E-state index in [-0.39, 0.29) is 11.1 Å². The number of H-pyrrole nitrogens is 1. The van der Waals surface area contributed by atoms with Gasteiger partial charge in [0, 0.05) is 11.9 Å². The number of aromatic amines is 1. The molecule has 2 amide bonds. The van der Waals surface area contributed by atoms with Gasteiger partial charge in [-0.1, -0.05) is 24.3 Å². The van der Waals surface area contributed by atoms with Crippen LogP contribution in [0.1, 0.15) is 16.8 Å². The Kier molecular flexibility index (Phi) is 3.66. The minimum atomic E-state index is -0.233. The van der Waals surface area contributed by atoms with E-state index in [9.17, 15) is 9.59 Å². The van der Waals surface area contributed by atoms with Gasteiger partial charge in [-0.2, -0.15) is 0 Å². The number of carbonyl (C=O) groups is 2. The average Bonchev–Trinajstić information content (AvgIpc) is 3.05. The topological polar surface area (TPSA) is 53.2 Å². The molecule has 2 heterocycles. The predicted octanol–water partition coefficient (Wildman–Crippen LogP) is 3.56. The molecule has 1 fully saturated rings. The first-order valence-electron chi connectivity index (χ1n) is 6.58. The molecule has 1 aliphatic rings. The van der Waals surface area contributed by atoms with Crippen molar-refractivity contribution >= 4 is 29.0 Å². The molecule has 1 aromatic carbocycles. The monoisotopic (exact) mass is 298 g/mol. The quantitative estimate of drug-likeness (QED) is 0.882. The fraction of sp³-hybridized carbons (Fsp3) is 0.125. The van der Waals surface area contributed by atoms with E-state index in [1.54, 1.807) is 12.3 Å². The first-order valence-corrected chi connectivity index (χ1v) is 7.40. The van der Waals surface area contributed by atoms with E-state index in [4.69, 9.17) is 0 Å². The molecule has 3 rings (SSSR count). The molecule has 0 spiro atoms. The van der Waals surface area contributed by atoms with Crippen molar-refractivity contribution in [2.45, 2.75) is 13.5 Å². The molecular formula is C16H14N2O2S. The van der Waals surface area contributed by atoms with Gasteiger partial charge in [0.2, 0.25) is 0 Å². The smallest absolute Gasteiger partial charge is 0.293 e. The number of nitrogens with one attached hydrogen (secondary N) is 1. The maximum Gasteiger partial charge on any atom is 0.293 e. The molecular weight excluding hydrogens is 284 g/mol. The van der Waals surface area contributed by atoms with Gasteiger partial charge in [-0.3, -0.25) is 14.5 Å². The second-order valence-electron chi connectivity index (χ2n) is 4.82. The molecule has 5 heteroatoms. The minimum Gasteiger partial charge on any atom is -0.362 e. The second-order valence-corrected chi connectivity index (χ2v) is 5.81. The van der Waals surface area contributed by atoms with E-state index < -0.39 is 0 Å². The number of hydrogen-bond acceptors (Lipinski definition) is 3. The Morgan fingerprint density at radius 2 is 2.00 bits per heavy atom. The standard InChI is InChI=1S/C16H14N2O2S/c1-11-5-2-3-6-12(11)10-18-15(19)14(21-16(18)20)9-13-7-4-8-17-13/h2-9,17H,10H2,1H3/b14-9-. The molecule has 0 unspecified atom stereocenters. The molecule has 1 aliphatic heterocycles. The summed E-state index contributed by atoms with van der Waals surface area (Å²) in [6.07, 6.45) is 3.49. The molecule has 0 radical (unpaired) electrons. The third-order valence-electron chi connectivity index (χ3n) is 3.37. The normalized spacial score (nSPS) is 17.0. The first-order chi connectivity index (χ1) is 10.1. The SMILES string of the molecule is Cc1ccccc1CN1C(=O)S/C(=C\c2ccc[nH]2)C1=O. The molecule has 0 bridgehead atoms. The molecule has 0 atom stereocenters. The largest absolute Gasteiger partial charge is 0.362 e. The average molecular weight is 298 g/mol. The number of amides is 2. The summed E-state index contributed by atoms with van der Waals surface area (Å²) < 4.78 is 0. The highest BCUT2D eigenvalue weighted by molar-refractivity contribution is 8.18. The lowest BCUT2D eigenvalue weighted by atomic mass is 10.1. The van der Waals surface area contributed by atoms with Crippen LogP contribution >= 0.6 is 11.8 Å². The van der Waals surface area contributed by atoms with Crippen LogP contribution in [0.5, 0.6) is 0 Å². The van der Waals surface area contributed by atoms with Crippen molar-refractivity contribution in [3.63, 3.8) is 0 Å². The third kappa shape index (κ3) is 2.78. The lowest BCUT2D eigenvalue weighted by Crippen LogP contribution is -2.27. The van der Waals surface area contributed by atoms with Crippen LogP contribution < -0.4 is 0 Å². The van der Waals surface area contributed by atoms with Crippen molar-refractivity contribution in [3.8, 4) is 0 Å². The molecule has 0 saturated carbocycles. The summed E-state index contributed by atoms with van der Waals surface area (Å²) in [7, 11) is 0. The zero-order valence-corrected chi connectivity index (χ0v) is 12.3. The second kappa shape index (κ2) is 5.61. The summed E-state index contributed by atoms with van der Waals surface area (Å²) in [5.41, 5.74) is 2.88. The number of benzene rings is 1. The Balaban J connectivity index is 1.83. The molecule has 2 aromatic rings. The van der Waals surface area contributed by atoms with Crippen LogP contribution in [0.4, 0.5) is 4.79 Å². The molecule has 106 valence electrons. The van der Waals surface area contributed by atoms with E-state index in [0.717, 1.165) is 28.6 Å². The van der Waals surface area contributed by atoms with Gasteiger partial charge in [0.15, 0.2) is 0 Å². The van der Waals surface area contributed by atoms with Gasteiger partial charge in [-0.05, 0) is 48.0 Å². The molecule has 1 N–H and O–H groups in total. The van der Waals surface area contributed by atoms with Crippen molar-refractivity contribution in [1.82, 2.24) is 9.88 Å². The Labute approximate surface area is 126 Å². The predicted molar refractivity (Wildman–Crippen MR) is 83.5 cm³/mol. The van der Waals surface area contributed by atoms with Crippen LogP contribution in [0.25, 0.3) is 6.08 Å². The van der Waals surface area contributed by atoms with Gasteiger partial charge in [-0.15, -0.1) is 0 Å². The Bertz CT molecular complexity index is 720. The maximum atomic E-state index is 12.4. The van der Waals surface area contributed by atoms with Crippen LogP contribution in [0, 0.1) is 6.92 Å². The van der Waals surface area contributed by atoms with Gasteiger partial charge in [0.25, 0.3) is 11.1 Å². The molecule has 21 heavy (non-hydrogen) atoms. The number of thioether (sulfide) groups is 1. The van der Waals surface area contributed by atoms with Crippen molar-refractivity contribution in [3.05, 3.63) is 64.3 Å². The molecule has 4 nitrogen and oxygen atoms in total. The van der Waals surface area contributed by atoms with E-state index in [0.29, 0.717) is 11.4 Å². The number of imide groups is 1. The summed E-state index contributed by atoms with van der Waals surface area (Å²) in [4.78, 5) is 29.2. The lowest BCUT2D eigenvalue weighted by Gasteiger charge is -2.14. The summed E-state index contributed by atoms with van der Waals surface area (Å²) >= 11 is 0.984. The highest BCUT2D eigenvalue weighted by Gasteiger charge is 2.35. The van der Waals surface area contributed by atoms with E-state index in [2.05, 4.69) is 4.98 Å². The number of rotatable bonds is 3. The number of nitrogens with zero attached hydrogens (tertiary/aromatic N) is 1. The van der Waals surface area contributed by atoms with Gasteiger partial charge in [0.05, 0.1) is 11.4 Å². The van der Waals surface area contributed by atoms with Crippen molar-refractivity contribution in [1.29, 1.82) is 0 Å². The van der Waals surface area contributed by atoms with Gasteiger partial charge in [0.1, 0.15) is 0 Å². The van der Waals surface area contributed by atoms with Crippen LogP contribution in [0.3, 0.4) is 0 Å². The van der Waals surface area contributed by atoms with E-state index in [1.807, 2.05) is 43.3 Å². The molecule has 1 aromatic heterocycles. The highest BCUT2D eigenvalue weighted by Crippen LogP contribution is 2.33. The first kappa shape index (κ1) is 13.7. The van der Waals surface area contributed by atoms with Crippen molar-refractivity contribution in [2.75, 3.05) is 0 Å². The van der Waals surface area contributed by atoms with Crippen LogP contribution in [0.2, 0.25) is 0 Å². The van der Waals surface area contributed by atoms with Crippen molar-refractivity contribution < 1.29 is 9.59 Å². The van der Waals surface area contributed by atoms with Gasteiger partial charge >= 0.3 is 0 Å². The third-order valence-corrected chi connectivity index (χ3v) is 4.28.